The van der Waals surface area contributed by atoms with E-state index in [0.29, 0.717) is 6.42 Å². The van der Waals surface area contributed by atoms with Crippen LogP contribution in [0.15, 0.2) is 24.3 Å². The normalized spacial score (nSPS) is 14.3. The first-order chi connectivity index (χ1) is 9.66. The highest BCUT2D eigenvalue weighted by molar-refractivity contribution is 5.96. The van der Waals surface area contributed by atoms with Gasteiger partial charge >= 0.3 is 12.1 Å². The summed E-state index contributed by atoms with van der Waals surface area (Å²) >= 11 is 0. The van der Waals surface area contributed by atoms with Gasteiger partial charge in [0.2, 0.25) is 0 Å². The second kappa shape index (κ2) is 6.60. The third-order valence-electron chi connectivity index (χ3n) is 3.24. The molecule has 116 valence electrons. The number of carboxylic acid groups (broad SMARTS) is 1. The molecule has 0 aromatic heterocycles. The highest BCUT2D eigenvalue weighted by Crippen LogP contribution is 2.29. The minimum Gasteiger partial charge on any atom is -0.480 e. The number of rotatable bonds is 5. The van der Waals surface area contributed by atoms with Crippen molar-refractivity contribution in [3.05, 3.63) is 35.4 Å². The maximum Gasteiger partial charge on any atom is 0.416 e. The number of benzene rings is 1. The van der Waals surface area contributed by atoms with Crippen LogP contribution in [0, 0.1) is 5.92 Å². The fourth-order valence-electron chi connectivity index (χ4n) is 1.72. The Morgan fingerprint density at radius 3 is 2.14 bits per heavy atom. The van der Waals surface area contributed by atoms with Crippen LogP contribution in [0.1, 0.15) is 36.2 Å². The van der Waals surface area contributed by atoms with E-state index in [9.17, 15) is 22.8 Å². The van der Waals surface area contributed by atoms with Gasteiger partial charge in [-0.1, -0.05) is 20.3 Å². The molecule has 21 heavy (non-hydrogen) atoms. The number of aliphatic carboxylic acids is 1. The zero-order valence-corrected chi connectivity index (χ0v) is 11.6. The van der Waals surface area contributed by atoms with Gasteiger partial charge in [-0.3, -0.25) is 4.79 Å². The average Bonchev–Trinajstić information content (AvgIpc) is 2.42. The van der Waals surface area contributed by atoms with Gasteiger partial charge in [0.25, 0.3) is 5.91 Å². The van der Waals surface area contributed by atoms with Crippen molar-refractivity contribution in [2.24, 2.45) is 5.92 Å². The number of halogens is 3. The van der Waals surface area contributed by atoms with Gasteiger partial charge in [-0.25, -0.2) is 4.79 Å². The Hall–Kier alpha value is -2.05. The molecule has 0 saturated heterocycles. The summed E-state index contributed by atoms with van der Waals surface area (Å²) in [7, 11) is 0. The van der Waals surface area contributed by atoms with Crippen LogP contribution in [0.2, 0.25) is 0 Å². The first-order valence-electron chi connectivity index (χ1n) is 6.37. The van der Waals surface area contributed by atoms with Crippen LogP contribution < -0.4 is 5.32 Å². The first kappa shape index (κ1) is 17.0. The summed E-state index contributed by atoms with van der Waals surface area (Å²) in [5, 5.41) is 11.4. The molecule has 1 rings (SSSR count). The molecule has 2 N–H and O–H groups in total. The van der Waals surface area contributed by atoms with Crippen LogP contribution in [-0.4, -0.2) is 23.0 Å². The van der Waals surface area contributed by atoms with Gasteiger partial charge in [-0.2, -0.15) is 13.2 Å². The molecule has 0 radical (unpaired) electrons. The van der Waals surface area contributed by atoms with E-state index >= 15 is 0 Å². The second-order valence-corrected chi connectivity index (χ2v) is 4.75. The molecule has 0 saturated carbocycles. The number of hydrogen-bond donors (Lipinski definition) is 2. The Labute approximate surface area is 120 Å². The second-order valence-electron chi connectivity index (χ2n) is 4.75. The van der Waals surface area contributed by atoms with Gasteiger partial charge in [-0.05, 0) is 30.2 Å². The molecule has 1 aromatic rings. The van der Waals surface area contributed by atoms with Crippen molar-refractivity contribution in [1.82, 2.24) is 5.32 Å². The summed E-state index contributed by atoms with van der Waals surface area (Å²) in [6.45, 7) is 3.46. The van der Waals surface area contributed by atoms with Gasteiger partial charge in [0.05, 0.1) is 5.56 Å². The lowest BCUT2D eigenvalue weighted by Crippen LogP contribution is -2.45. The minimum atomic E-state index is -4.48. The van der Waals surface area contributed by atoms with Crippen LogP contribution in [0.3, 0.4) is 0 Å². The highest BCUT2D eigenvalue weighted by Gasteiger charge is 2.30. The molecule has 0 spiro atoms. The molecule has 0 aliphatic heterocycles. The number of amides is 1. The van der Waals surface area contributed by atoms with E-state index in [1.54, 1.807) is 13.8 Å². The van der Waals surface area contributed by atoms with E-state index in [-0.39, 0.29) is 11.5 Å². The molecule has 0 aliphatic carbocycles. The van der Waals surface area contributed by atoms with Gasteiger partial charge in [0, 0.05) is 5.56 Å². The molecule has 0 unspecified atom stereocenters. The SMILES string of the molecule is CC[C@@H](C)[C@@H](NC(=O)c1ccc(C(F)(F)F)cc1)C(=O)O. The first-order valence-corrected chi connectivity index (χ1v) is 6.37. The lowest BCUT2D eigenvalue weighted by Gasteiger charge is -2.20. The zero-order chi connectivity index (χ0) is 16.2. The van der Waals surface area contributed by atoms with Crippen LogP contribution >= 0.6 is 0 Å². The zero-order valence-electron chi connectivity index (χ0n) is 11.6. The van der Waals surface area contributed by atoms with Crippen LogP contribution in [-0.2, 0) is 11.0 Å². The van der Waals surface area contributed by atoms with Crippen LogP contribution in [0.25, 0.3) is 0 Å². The average molecular weight is 303 g/mol. The van der Waals surface area contributed by atoms with E-state index in [4.69, 9.17) is 5.11 Å². The fraction of sp³-hybridized carbons (Fsp3) is 0.429. The van der Waals surface area contributed by atoms with Crippen molar-refractivity contribution in [2.45, 2.75) is 32.5 Å². The third kappa shape index (κ3) is 4.47. The smallest absolute Gasteiger partial charge is 0.416 e. The van der Waals surface area contributed by atoms with Gasteiger partial charge in [0.15, 0.2) is 0 Å². The van der Waals surface area contributed by atoms with Crippen molar-refractivity contribution in [3.63, 3.8) is 0 Å². The van der Waals surface area contributed by atoms with E-state index in [2.05, 4.69) is 5.32 Å². The summed E-state index contributed by atoms with van der Waals surface area (Å²) in [6.07, 6.45) is -3.93. The molecule has 1 amide bonds. The number of carbonyl (C=O) groups excluding carboxylic acids is 1. The molecule has 0 bridgehead atoms. The van der Waals surface area contributed by atoms with Crippen LogP contribution in [0.5, 0.6) is 0 Å². The minimum absolute atomic E-state index is 0.0162. The quantitative estimate of drug-likeness (QED) is 0.879. The number of alkyl halides is 3. The van der Waals surface area contributed by atoms with E-state index in [1.165, 1.54) is 0 Å². The predicted octanol–water partition coefficient (Wildman–Crippen LogP) is 2.93. The Bertz CT molecular complexity index is 511. The topological polar surface area (TPSA) is 66.4 Å². The van der Waals surface area contributed by atoms with Crippen molar-refractivity contribution >= 4 is 11.9 Å². The Kier molecular flexibility index (Phi) is 5.34. The monoisotopic (exact) mass is 303 g/mol. The lowest BCUT2D eigenvalue weighted by molar-refractivity contribution is -0.140. The molecular formula is C14H16F3NO3. The molecule has 0 fully saturated rings. The number of hydrogen-bond acceptors (Lipinski definition) is 2. The highest BCUT2D eigenvalue weighted by atomic mass is 19.4. The number of carbonyl (C=O) groups is 2. The van der Waals surface area contributed by atoms with Gasteiger partial charge < -0.3 is 10.4 Å². The van der Waals surface area contributed by atoms with Crippen molar-refractivity contribution in [1.29, 1.82) is 0 Å². The standard InChI is InChI=1S/C14H16F3NO3/c1-3-8(2)11(13(20)21)18-12(19)9-4-6-10(7-5-9)14(15,16)17/h4-8,11H,3H2,1-2H3,(H,18,19)(H,20,21)/t8-,11-/m1/s1. The molecule has 1 aromatic carbocycles. The van der Waals surface area contributed by atoms with Gasteiger partial charge in [-0.15, -0.1) is 0 Å². The Balaban J connectivity index is 2.86. The van der Waals surface area contributed by atoms with Crippen LogP contribution in [0.4, 0.5) is 13.2 Å². The van der Waals surface area contributed by atoms with E-state index < -0.39 is 29.7 Å². The summed E-state index contributed by atoms with van der Waals surface area (Å²) in [4.78, 5) is 23.0. The molecule has 7 heteroatoms. The maximum atomic E-state index is 12.4. The lowest BCUT2D eigenvalue weighted by atomic mass is 9.99. The Morgan fingerprint density at radius 2 is 1.76 bits per heavy atom. The van der Waals surface area contributed by atoms with Crippen molar-refractivity contribution < 1.29 is 27.9 Å². The van der Waals surface area contributed by atoms with Crippen molar-refractivity contribution in [2.75, 3.05) is 0 Å². The molecule has 0 aliphatic rings. The summed E-state index contributed by atoms with van der Waals surface area (Å²) in [5.41, 5.74) is -0.881. The molecule has 2 atom stereocenters. The van der Waals surface area contributed by atoms with E-state index in [1.807, 2.05) is 0 Å². The van der Waals surface area contributed by atoms with Crippen molar-refractivity contribution in [3.8, 4) is 0 Å². The summed E-state index contributed by atoms with van der Waals surface area (Å²) in [6, 6.07) is 2.54. The number of nitrogens with one attached hydrogen (secondary N) is 1. The largest absolute Gasteiger partial charge is 0.480 e. The fourth-order valence-corrected chi connectivity index (χ4v) is 1.72. The summed E-state index contributed by atoms with van der Waals surface area (Å²) < 4.78 is 37.2. The van der Waals surface area contributed by atoms with Gasteiger partial charge in [0.1, 0.15) is 6.04 Å². The predicted molar refractivity (Wildman–Crippen MR) is 69.8 cm³/mol. The number of carboxylic acids is 1. The molecule has 0 heterocycles. The summed E-state index contributed by atoms with van der Waals surface area (Å²) in [5.74, 6) is -2.18. The van der Waals surface area contributed by atoms with E-state index in [0.717, 1.165) is 24.3 Å². The maximum absolute atomic E-state index is 12.4. The molecule has 4 nitrogen and oxygen atoms in total. The molecular weight excluding hydrogens is 287 g/mol. The Morgan fingerprint density at radius 1 is 1.24 bits per heavy atom. The third-order valence-corrected chi connectivity index (χ3v) is 3.24.